The van der Waals surface area contributed by atoms with E-state index in [0.29, 0.717) is 11.5 Å². The second-order valence-electron chi connectivity index (χ2n) is 7.19. The Kier molecular flexibility index (Phi) is 6.72. The van der Waals surface area contributed by atoms with Crippen LogP contribution in [0.25, 0.3) is 0 Å². The largest absolute Gasteiger partial charge is 0.493 e. The average Bonchev–Trinajstić information content (AvgIpc) is 2.77. The number of aryl methyl sites for hydroxylation is 1. The molecule has 1 aliphatic heterocycles. The molecule has 0 aliphatic carbocycles. The van der Waals surface area contributed by atoms with Gasteiger partial charge < -0.3 is 19.3 Å². The fraction of sp³-hybridized carbons (Fsp3) is 0.364. The second kappa shape index (κ2) is 9.28. The highest BCUT2D eigenvalue weighted by Gasteiger charge is 2.32. The van der Waals surface area contributed by atoms with Gasteiger partial charge in [0, 0.05) is 31.7 Å². The van der Waals surface area contributed by atoms with Crippen LogP contribution in [0.1, 0.15) is 21.5 Å². The SMILES string of the molecule is COc1cc(C)ccc1OCC(=O)N1CCN(C(=O)c2cccc(C(F)(F)F)c2)CC1. The molecule has 0 atom stereocenters. The molecule has 6 nitrogen and oxygen atoms in total. The Bertz CT molecular complexity index is 954. The average molecular weight is 436 g/mol. The van der Waals surface area contributed by atoms with Crippen LogP contribution < -0.4 is 9.47 Å². The van der Waals surface area contributed by atoms with E-state index in [-0.39, 0.29) is 44.3 Å². The Balaban J connectivity index is 1.54. The lowest BCUT2D eigenvalue weighted by Crippen LogP contribution is -2.51. The molecular formula is C22H23F3N2O4. The van der Waals surface area contributed by atoms with Gasteiger partial charge in [-0.05, 0) is 42.8 Å². The minimum atomic E-state index is -4.51. The van der Waals surface area contributed by atoms with Crippen LogP contribution in [-0.2, 0) is 11.0 Å². The summed E-state index contributed by atoms with van der Waals surface area (Å²) in [6.45, 7) is 2.75. The Morgan fingerprint density at radius 2 is 1.65 bits per heavy atom. The standard InChI is InChI=1S/C22H23F3N2O4/c1-15-6-7-18(19(12-15)30-2)31-14-20(28)26-8-10-27(11-9-26)21(29)16-4-3-5-17(13-16)22(23,24)25/h3-7,12-13H,8-11,14H2,1-2H3. The summed E-state index contributed by atoms with van der Waals surface area (Å²) in [6, 6.07) is 9.73. The van der Waals surface area contributed by atoms with Crippen molar-refractivity contribution in [3.8, 4) is 11.5 Å². The number of hydrogen-bond donors (Lipinski definition) is 0. The van der Waals surface area contributed by atoms with Gasteiger partial charge in [0.2, 0.25) is 0 Å². The van der Waals surface area contributed by atoms with E-state index < -0.39 is 17.6 Å². The third-order valence-electron chi connectivity index (χ3n) is 5.03. The van der Waals surface area contributed by atoms with E-state index >= 15 is 0 Å². The van der Waals surface area contributed by atoms with Crippen LogP contribution in [0.5, 0.6) is 11.5 Å². The number of carbonyl (C=O) groups is 2. The predicted molar refractivity (Wildman–Crippen MR) is 107 cm³/mol. The number of nitrogens with zero attached hydrogens (tertiary/aromatic N) is 2. The topological polar surface area (TPSA) is 59.1 Å². The number of benzene rings is 2. The first-order valence-electron chi connectivity index (χ1n) is 9.71. The van der Waals surface area contributed by atoms with Gasteiger partial charge in [-0.1, -0.05) is 12.1 Å². The number of alkyl halides is 3. The van der Waals surface area contributed by atoms with Crippen LogP contribution in [0, 0.1) is 6.92 Å². The van der Waals surface area contributed by atoms with Crippen LogP contribution >= 0.6 is 0 Å². The first-order chi connectivity index (χ1) is 14.7. The summed E-state index contributed by atoms with van der Waals surface area (Å²) in [5.41, 5.74) is 0.109. The van der Waals surface area contributed by atoms with E-state index in [1.807, 2.05) is 13.0 Å². The fourth-order valence-electron chi connectivity index (χ4n) is 3.29. The maximum atomic E-state index is 12.9. The van der Waals surface area contributed by atoms with Gasteiger partial charge >= 0.3 is 6.18 Å². The maximum absolute atomic E-state index is 12.9. The molecule has 2 aromatic carbocycles. The van der Waals surface area contributed by atoms with Gasteiger partial charge in [-0.25, -0.2) is 0 Å². The van der Waals surface area contributed by atoms with Crippen molar-refractivity contribution in [1.29, 1.82) is 0 Å². The molecule has 0 saturated carbocycles. The van der Waals surface area contributed by atoms with Crippen molar-refractivity contribution in [3.05, 3.63) is 59.2 Å². The number of methoxy groups -OCH3 is 1. The molecule has 3 rings (SSSR count). The molecule has 2 aromatic rings. The van der Waals surface area contributed by atoms with Crippen LogP contribution in [-0.4, -0.2) is 61.5 Å². The van der Waals surface area contributed by atoms with Gasteiger partial charge in [-0.15, -0.1) is 0 Å². The smallest absolute Gasteiger partial charge is 0.416 e. The molecule has 1 heterocycles. The Morgan fingerprint density at radius 1 is 0.968 bits per heavy atom. The zero-order valence-electron chi connectivity index (χ0n) is 17.2. The van der Waals surface area contributed by atoms with Crippen molar-refractivity contribution in [2.75, 3.05) is 39.9 Å². The summed E-state index contributed by atoms with van der Waals surface area (Å²) >= 11 is 0. The van der Waals surface area contributed by atoms with Gasteiger partial charge in [-0.2, -0.15) is 13.2 Å². The number of carbonyl (C=O) groups excluding carboxylic acids is 2. The van der Waals surface area contributed by atoms with Gasteiger partial charge in [0.05, 0.1) is 12.7 Å². The van der Waals surface area contributed by atoms with Gasteiger partial charge in [0.1, 0.15) is 0 Å². The van der Waals surface area contributed by atoms with Crippen molar-refractivity contribution in [1.82, 2.24) is 9.80 Å². The third kappa shape index (κ3) is 5.48. The lowest BCUT2D eigenvalue weighted by atomic mass is 10.1. The normalized spacial score (nSPS) is 14.4. The highest BCUT2D eigenvalue weighted by molar-refractivity contribution is 5.94. The number of rotatable bonds is 5. The van der Waals surface area contributed by atoms with E-state index in [2.05, 4.69) is 0 Å². The van der Waals surface area contributed by atoms with Gasteiger partial charge in [-0.3, -0.25) is 9.59 Å². The molecule has 0 aromatic heterocycles. The lowest BCUT2D eigenvalue weighted by Gasteiger charge is -2.34. The zero-order valence-corrected chi connectivity index (χ0v) is 17.2. The summed E-state index contributed by atoms with van der Waals surface area (Å²) in [4.78, 5) is 28.1. The van der Waals surface area contributed by atoms with Crippen molar-refractivity contribution >= 4 is 11.8 Å². The summed E-state index contributed by atoms with van der Waals surface area (Å²) in [7, 11) is 1.52. The Hall–Kier alpha value is -3.23. The van der Waals surface area contributed by atoms with Crippen LogP contribution in [0.2, 0.25) is 0 Å². The van der Waals surface area contributed by atoms with Crippen LogP contribution in [0.4, 0.5) is 13.2 Å². The van der Waals surface area contributed by atoms with Crippen LogP contribution in [0.3, 0.4) is 0 Å². The Labute approximate surface area is 178 Å². The third-order valence-corrected chi connectivity index (χ3v) is 5.03. The van der Waals surface area contributed by atoms with E-state index in [4.69, 9.17) is 9.47 Å². The predicted octanol–water partition coefficient (Wildman–Crippen LogP) is 3.39. The molecule has 0 N–H and O–H groups in total. The van der Waals surface area contributed by atoms with E-state index in [0.717, 1.165) is 17.7 Å². The highest BCUT2D eigenvalue weighted by atomic mass is 19.4. The molecule has 2 amide bonds. The van der Waals surface area contributed by atoms with Crippen molar-refractivity contribution < 1.29 is 32.2 Å². The van der Waals surface area contributed by atoms with Crippen molar-refractivity contribution in [3.63, 3.8) is 0 Å². The van der Waals surface area contributed by atoms with Crippen molar-refractivity contribution in [2.45, 2.75) is 13.1 Å². The molecule has 166 valence electrons. The molecule has 31 heavy (non-hydrogen) atoms. The summed E-state index contributed by atoms with van der Waals surface area (Å²) < 4.78 is 49.5. The van der Waals surface area contributed by atoms with E-state index in [9.17, 15) is 22.8 Å². The minimum absolute atomic E-state index is 0.0237. The monoisotopic (exact) mass is 436 g/mol. The quantitative estimate of drug-likeness (QED) is 0.721. The van der Waals surface area contributed by atoms with E-state index in [1.165, 1.54) is 24.1 Å². The number of amides is 2. The molecular weight excluding hydrogens is 413 g/mol. The summed E-state index contributed by atoms with van der Waals surface area (Å²) in [6.07, 6.45) is -4.51. The molecule has 1 saturated heterocycles. The van der Waals surface area contributed by atoms with Gasteiger partial charge in [0.15, 0.2) is 18.1 Å². The highest BCUT2D eigenvalue weighted by Crippen LogP contribution is 2.30. The zero-order chi connectivity index (χ0) is 22.6. The maximum Gasteiger partial charge on any atom is 0.416 e. The molecule has 0 unspecified atom stereocenters. The van der Waals surface area contributed by atoms with Gasteiger partial charge in [0.25, 0.3) is 11.8 Å². The second-order valence-corrected chi connectivity index (χ2v) is 7.19. The fourth-order valence-corrected chi connectivity index (χ4v) is 3.29. The molecule has 9 heteroatoms. The lowest BCUT2D eigenvalue weighted by molar-refractivity contribution is -0.137. The number of ether oxygens (including phenoxy) is 2. The summed E-state index contributed by atoms with van der Waals surface area (Å²) in [5, 5.41) is 0. The molecule has 1 aliphatic rings. The number of piperazine rings is 1. The first-order valence-corrected chi connectivity index (χ1v) is 9.71. The summed E-state index contributed by atoms with van der Waals surface area (Å²) in [5.74, 6) is 0.261. The molecule has 0 radical (unpaired) electrons. The molecule has 1 fully saturated rings. The minimum Gasteiger partial charge on any atom is -0.493 e. The molecule has 0 spiro atoms. The van der Waals surface area contributed by atoms with Crippen LogP contribution in [0.15, 0.2) is 42.5 Å². The number of halogens is 3. The number of hydrogen-bond acceptors (Lipinski definition) is 4. The first kappa shape index (κ1) is 22.5. The Morgan fingerprint density at radius 3 is 2.29 bits per heavy atom. The molecule has 0 bridgehead atoms. The van der Waals surface area contributed by atoms with Crippen molar-refractivity contribution in [2.24, 2.45) is 0 Å². The van der Waals surface area contributed by atoms with E-state index in [1.54, 1.807) is 17.0 Å².